The third-order valence-corrected chi connectivity index (χ3v) is 3.98. The molecule has 24 heavy (non-hydrogen) atoms. The summed E-state index contributed by atoms with van der Waals surface area (Å²) in [7, 11) is 4.04. The van der Waals surface area contributed by atoms with E-state index in [0.717, 1.165) is 18.4 Å². The zero-order valence-corrected chi connectivity index (χ0v) is 14.4. The van der Waals surface area contributed by atoms with Crippen LogP contribution in [0.5, 0.6) is 0 Å². The van der Waals surface area contributed by atoms with Crippen molar-refractivity contribution >= 4 is 11.6 Å². The first kappa shape index (κ1) is 18.0. The number of aliphatic hydroxyl groups excluding tert-OH is 1. The first-order chi connectivity index (χ1) is 11.6. The minimum absolute atomic E-state index is 0.0988. The zero-order valence-electron chi connectivity index (χ0n) is 14.4. The molecular weight excluding hydrogens is 300 g/mol. The number of carbonyl (C=O) groups excluding carboxylic acids is 1. The first-order valence-corrected chi connectivity index (χ1v) is 8.32. The van der Waals surface area contributed by atoms with Crippen LogP contribution in [0.25, 0.3) is 0 Å². The summed E-state index contributed by atoms with van der Waals surface area (Å²) >= 11 is 0. The molecule has 2 aromatic rings. The van der Waals surface area contributed by atoms with Crippen LogP contribution in [0.1, 0.15) is 30.1 Å². The van der Waals surface area contributed by atoms with Crippen molar-refractivity contribution in [3.63, 3.8) is 0 Å². The van der Waals surface area contributed by atoms with Crippen molar-refractivity contribution in [2.24, 2.45) is 0 Å². The second-order valence-corrected chi connectivity index (χ2v) is 6.14. The number of aryl methyl sites for hydroxylation is 1. The van der Waals surface area contributed by atoms with Gasteiger partial charge in [-0.05, 0) is 36.1 Å². The number of anilines is 1. The highest BCUT2D eigenvalue weighted by Gasteiger charge is 2.12. The number of nitrogens with one attached hydrogen (secondary N) is 1. The Labute approximate surface area is 144 Å². The van der Waals surface area contributed by atoms with E-state index in [1.165, 1.54) is 11.3 Å². The van der Waals surface area contributed by atoms with Gasteiger partial charge in [-0.3, -0.25) is 4.79 Å². The van der Waals surface area contributed by atoms with Gasteiger partial charge in [-0.1, -0.05) is 42.5 Å². The van der Waals surface area contributed by atoms with E-state index in [2.05, 4.69) is 34.5 Å². The van der Waals surface area contributed by atoms with Crippen molar-refractivity contribution in [1.29, 1.82) is 0 Å². The van der Waals surface area contributed by atoms with Crippen LogP contribution in [0.4, 0.5) is 5.69 Å². The fourth-order valence-corrected chi connectivity index (χ4v) is 2.52. The molecule has 128 valence electrons. The number of hydrogen-bond acceptors (Lipinski definition) is 3. The predicted molar refractivity (Wildman–Crippen MR) is 98.1 cm³/mol. The predicted octanol–water partition coefficient (Wildman–Crippen LogP) is 2.93. The SMILES string of the molecule is CN(C)c1ccc(CCCNC(=O)CC(O)c2ccccc2)cc1. The number of rotatable bonds is 8. The molecule has 1 atom stereocenters. The van der Waals surface area contributed by atoms with E-state index in [9.17, 15) is 9.90 Å². The molecular formula is C20H26N2O2. The lowest BCUT2D eigenvalue weighted by Gasteiger charge is -2.13. The number of amides is 1. The van der Waals surface area contributed by atoms with Gasteiger partial charge in [-0.2, -0.15) is 0 Å². The monoisotopic (exact) mass is 326 g/mol. The van der Waals surface area contributed by atoms with Crippen LogP contribution < -0.4 is 10.2 Å². The highest BCUT2D eigenvalue weighted by Crippen LogP contribution is 2.16. The van der Waals surface area contributed by atoms with Crippen LogP contribution in [-0.4, -0.2) is 31.7 Å². The molecule has 0 saturated carbocycles. The largest absolute Gasteiger partial charge is 0.388 e. The van der Waals surface area contributed by atoms with Crippen LogP contribution in [0.3, 0.4) is 0 Å². The van der Waals surface area contributed by atoms with Crippen LogP contribution in [-0.2, 0) is 11.2 Å². The molecule has 0 aliphatic carbocycles. The van der Waals surface area contributed by atoms with Gasteiger partial charge in [0, 0.05) is 26.3 Å². The Morgan fingerprint density at radius 1 is 1.08 bits per heavy atom. The Hall–Kier alpha value is -2.33. The average Bonchev–Trinajstić information content (AvgIpc) is 2.60. The standard InChI is InChI=1S/C20H26N2O2/c1-22(2)18-12-10-16(11-13-18)7-6-14-21-20(24)15-19(23)17-8-4-3-5-9-17/h3-5,8-13,19,23H,6-7,14-15H2,1-2H3,(H,21,24). The summed E-state index contributed by atoms with van der Waals surface area (Å²) in [5.74, 6) is -0.116. The average molecular weight is 326 g/mol. The van der Waals surface area contributed by atoms with E-state index in [4.69, 9.17) is 0 Å². The summed E-state index contributed by atoms with van der Waals surface area (Å²) in [6.07, 6.45) is 1.16. The zero-order chi connectivity index (χ0) is 17.4. The number of carbonyl (C=O) groups is 1. The highest BCUT2D eigenvalue weighted by atomic mass is 16.3. The lowest BCUT2D eigenvalue weighted by molar-refractivity contribution is -0.123. The van der Waals surface area contributed by atoms with E-state index in [1.807, 2.05) is 44.4 Å². The second kappa shape index (κ2) is 9.08. The molecule has 4 nitrogen and oxygen atoms in total. The summed E-state index contributed by atoms with van der Waals surface area (Å²) in [4.78, 5) is 14.0. The summed E-state index contributed by atoms with van der Waals surface area (Å²) < 4.78 is 0. The third-order valence-electron chi connectivity index (χ3n) is 3.98. The Kier molecular flexibility index (Phi) is 6.82. The second-order valence-electron chi connectivity index (χ2n) is 6.14. The van der Waals surface area contributed by atoms with Crippen molar-refractivity contribution < 1.29 is 9.90 Å². The molecule has 0 fully saturated rings. The molecule has 2 N–H and O–H groups in total. The molecule has 0 radical (unpaired) electrons. The van der Waals surface area contributed by atoms with Crippen molar-refractivity contribution in [3.8, 4) is 0 Å². The third kappa shape index (κ3) is 5.70. The van der Waals surface area contributed by atoms with E-state index < -0.39 is 6.10 Å². The lowest BCUT2D eigenvalue weighted by Crippen LogP contribution is -2.26. The summed E-state index contributed by atoms with van der Waals surface area (Å²) in [5.41, 5.74) is 3.22. The first-order valence-electron chi connectivity index (χ1n) is 8.32. The fourth-order valence-electron chi connectivity index (χ4n) is 2.52. The van der Waals surface area contributed by atoms with Crippen LogP contribution in [0.15, 0.2) is 54.6 Å². The number of nitrogens with zero attached hydrogens (tertiary/aromatic N) is 1. The number of hydrogen-bond donors (Lipinski definition) is 2. The van der Waals surface area contributed by atoms with Gasteiger partial charge in [0.15, 0.2) is 0 Å². The number of benzene rings is 2. The Morgan fingerprint density at radius 2 is 1.75 bits per heavy atom. The smallest absolute Gasteiger partial charge is 0.222 e. The normalized spacial score (nSPS) is 11.8. The van der Waals surface area contributed by atoms with Gasteiger partial charge in [0.1, 0.15) is 0 Å². The van der Waals surface area contributed by atoms with E-state index >= 15 is 0 Å². The van der Waals surface area contributed by atoms with Gasteiger partial charge in [0.05, 0.1) is 12.5 Å². The molecule has 4 heteroatoms. The van der Waals surface area contributed by atoms with E-state index in [1.54, 1.807) is 0 Å². The van der Waals surface area contributed by atoms with E-state index in [-0.39, 0.29) is 12.3 Å². The van der Waals surface area contributed by atoms with E-state index in [0.29, 0.717) is 6.54 Å². The van der Waals surface area contributed by atoms with Gasteiger partial charge in [0.25, 0.3) is 0 Å². The molecule has 2 aromatic carbocycles. The molecule has 0 heterocycles. The van der Waals surface area contributed by atoms with Gasteiger partial charge in [-0.15, -0.1) is 0 Å². The summed E-state index contributed by atoms with van der Waals surface area (Å²) in [5, 5.41) is 12.9. The molecule has 0 bridgehead atoms. The molecule has 0 spiro atoms. The van der Waals surface area contributed by atoms with Gasteiger partial charge in [0.2, 0.25) is 5.91 Å². The van der Waals surface area contributed by atoms with Gasteiger partial charge in [-0.25, -0.2) is 0 Å². The van der Waals surface area contributed by atoms with Crippen molar-refractivity contribution in [1.82, 2.24) is 5.32 Å². The summed E-state index contributed by atoms with van der Waals surface area (Å²) in [6.45, 7) is 0.621. The minimum atomic E-state index is -0.746. The fraction of sp³-hybridized carbons (Fsp3) is 0.350. The highest BCUT2D eigenvalue weighted by molar-refractivity contribution is 5.76. The number of aliphatic hydroxyl groups is 1. The molecule has 1 amide bonds. The molecule has 0 saturated heterocycles. The lowest BCUT2D eigenvalue weighted by atomic mass is 10.1. The molecule has 0 aliphatic heterocycles. The topological polar surface area (TPSA) is 52.6 Å². The van der Waals surface area contributed by atoms with Crippen molar-refractivity contribution in [3.05, 3.63) is 65.7 Å². The van der Waals surface area contributed by atoms with Crippen LogP contribution in [0.2, 0.25) is 0 Å². The molecule has 1 unspecified atom stereocenters. The maximum atomic E-state index is 11.9. The molecule has 0 aliphatic rings. The maximum Gasteiger partial charge on any atom is 0.222 e. The Balaban J connectivity index is 1.67. The van der Waals surface area contributed by atoms with Crippen molar-refractivity contribution in [2.45, 2.75) is 25.4 Å². The quantitative estimate of drug-likeness (QED) is 0.733. The van der Waals surface area contributed by atoms with Crippen molar-refractivity contribution in [2.75, 3.05) is 25.5 Å². The maximum absolute atomic E-state index is 11.9. The summed E-state index contributed by atoms with van der Waals surface area (Å²) in [6, 6.07) is 17.7. The van der Waals surface area contributed by atoms with Gasteiger partial charge < -0.3 is 15.3 Å². The Bertz CT molecular complexity index is 624. The van der Waals surface area contributed by atoms with Crippen LogP contribution in [0, 0.1) is 0 Å². The van der Waals surface area contributed by atoms with Gasteiger partial charge >= 0.3 is 0 Å². The van der Waals surface area contributed by atoms with Crippen LogP contribution >= 0.6 is 0 Å². The Morgan fingerprint density at radius 3 is 2.38 bits per heavy atom. The minimum Gasteiger partial charge on any atom is -0.388 e. The molecule has 2 rings (SSSR count). The molecule has 0 aromatic heterocycles.